The Bertz CT molecular complexity index is 311. The van der Waals surface area contributed by atoms with Crippen LogP contribution in [-0.4, -0.2) is 74.9 Å². The summed E-state index contributed by atoms with van der Waals surface area (Å²) < 4.78 is 5.02. The topological polar surface area (TPSA) is 158 Å². The van der Waals surface area contributed by atoms with E-state index >= 15 is 0 Å². The van der Waals surface area contributed by atoms with Crippen LogP contribution in [0.3, 0.4) is 0 Å². The van der Waals surface area contributed by atoms with Gasteiger partial charge in [-0.3, -0.25) is 25.6 Å². The predicted octanol–water partition coefficient (Wildman–Crippen LogP) is 0.173. The van der Waals surface area contributed by atoms with Crippen LogP contribution in [0.4, 0.5) is 0 Å². The van der Waals surface area contributed by atoms with Crippen LogP contribution in [-0.2, 0) is 19.2 Å². The molecule has 2 atom stereocenters. The third kappa shape index (κ3) is 13.6. The van der Waals surface area contributed by atoms with E-state index in [2.05, 4.69) is 9.68 Å². The second-order valence-electron chi connectivity index (χ2n) is 4.58. The van der Waals surface area contributed by atoms with Crippen molar-refractivity contribution in [2.75, 3.05) is 25.2 Å². The molecule has 0 saturated heterocycles. The van der Waals surface area contributed by atoms with Gasteiger partial charge in [-0.05, 0) is 37.7 Å². The first kappa shape index (κ1) is 22.5. The summed E-state index contributed by atoms with van der Waals surface area (Å²) in [6.45, 7) is -0.155. The number of esters is 1. The molecule has 12 heteroatoms. The number of thioether (sulfide) groups is 1. The third-order valence-electron chi connectivity index (χ3n) is 2.72. The summed E-state index contributed by atoms with van der Waals surface area (Å²) in [6.07, 6.45) is 2.93. The molecule has 0 rings (SSSR count). The van der Waals surface area contributed by atoms with Crippen LogP contribution in [0.5, 0.6) is 0 Å². The van der Waals surface area contributed by atoms with Gasteiger partial charge in [0.2, 0.25) is 0 Å². The Hall–Kier alpha value is -0.540. The van der Waals surface area contributed by atoms with Crippen molar-refractivity contribution in [2.24, 2.45) is 5.73 Å². The van der Waals surface area contributed by atoms with Crippen molar-refractivity contribution in [1.82, 2.24) is 10.8 Å². The molecule has 0 bridgehead atoms. The molecule has 0 fully saturated rings. The molecule has 0 aromatic carbocycles. The third-order valence-corrected chi connectivity index (χ3v) is 3.36. The minimum atomic E-state index is -0.841. The normalized spacial score (nSPS) is 14.3. The van der Waals surface area contributed by atoms with Crippen LogP contribution in [0.1, 0.15) is 25.7 Å². The molecular formula is C11H25N3O8S. The number of hydrogen-bond acceptors (Lipinski definition) is 12. The zero-order valence-corrected chi connectivity index (χ0v) is 13.7. The van der Waals surface area contributed by atoms with E-state index in [0.29, 0.717) is 25.7 Å². The predicted molar refractivity (Wildman–Crippen MR) is 77.4 cm³/mol. The maximum Gasteiger partial charge on any atom is 0.322 e. The number of nitrogens with zero attached hydrogens (tertiary/aromatic N) is 2. The molecular weight excluding hydrogens is 334 g/mol. The summed E-state index contributed by atoms with van der Waals surface area (Å²) in [5, 5.41) is 33.0. The van der Waals surface area contributed by atoms with E-state index in [1.807, 2.05) is 6.26 Å². The Morgan fingerprint density at radius 1 is 1.17 bits per heavy atom. The maximum absolute atomic E-state index is 11.5. The Labute approximate surface area is 138 Å². The van der Waals surface area contributed by atoms with Gasteiger partial charge in [-0.1, -0.05) is 0 Å². The first-order chi connectivity index (χ1) is 10.9. The van der Waals surface area contributed by atoms with E-state index < -0.39 is 28.9 Å². The van der Waals surface area contributed by atoms with Gasteiger partial charge in [0.1, 0.15) is 18.8 Å². The molecule has 0 heterocycles. The summed E-state index contributed by atoms with van der Waals surface area (Å²) >= 11 is 1.60. The number of carbonyl (C=O) groups is 1. The van der Waals surface area contributed by atoms with Gasteiger partial charge in [-0.25, -0.2) is 9.68 Å². The molecule has 0 spiro atoms. The number of ether oxygens (including phenoxy) is 1. The van der Waals surface area contributed by atoms with E-state index in [4.69, 9.17) is 31.3 Å². The molecule has 0 amide bonds. The van der Waals surface area contributed by atoms with Crippen molar-refractivity contribution in [3.63, 3.8) is 0 Å². The maximum atomic E-state index is 11.5. The number of rotatable bonds is 14. The van der Waals surface area contributed by atoms with E-state index in [1.54, 1.807) is 11.8 Å². The SMILES string of the molecule is CSCCC(N)C(=O)OCCCCC(CON(O)O)ON(O)O. The standard InChI is InChI=1S/C11H25N3O8S/c1-23-7-5-10(12)11(15)20-6-3-2-4-9(22-14(18)19)8-21-13(16)17/h9-10,16-19H,2-8,12H2,1H3. The molecule has 6 N–H and O–H groups in total. The van der Waals surface area contributed by atoms with E-state index in [1.165, 1.54) is 0 Å². The summed E-state index contributed by atoms with van der Waals surface area (Å²) in [4.78, 5) is 20.4. The average molecular weight is 359 g/mol. The fourth-order valence-electron chi connectivity index (χ4n) is 1.57. The van der Waals surface area contributed by atoms with Crippen molar-refractivity contribution < 1.29 is 40.0 Å². The highest BCUT2D eigenvalue weighted by atomic mass is 32.2. The quantitative estimate of drug-likeness (QED) is 0.163. The molecule has 0 saturated carbocycles. The summed E-state index contributed by atoms with van der Waals surface area (Å²) in [5.74, 6) is 0.323. The zero-order chi connectivity index (χ0) is 17.7. The lowest BCUT2D eigenvalue weighted by molar-refractivity contribution is -0.527. The van der Waals surface area contributed by atoms with Crippen molar-refractivity contribution in [3.05, 3.63) is 0 Å². The van der Waals surface area contributed by atoms with Crippen LogP contribution < -0.4 is 5.73 Å². The summed E-state index contributed by atoms with van der Waals surface area (Å²) in [6, 6.07) is -0.635. The number of nitrogens with two attached hydrogens (primary N) is 1. The van der Waals surface area contributed by atoms with Gasteiger partial charge in [0.05, 0.1) is 17.4 Å². The van der Waals surface area contributed by atoms with Crippen molar-refractivity contribution in [2.45, 2.75) is 37.8 Å². The number of carbonyl (C=O) groups excluding carboxylic acids is 1. The van der Waals surface area contributed by atoms with Crippen LogP contribution in [0.25, 0.3) is 0 Å². The van der Waals surface area contributed by atoms with Crippen LogP contribution in [0.2, 0.25) is 0 Å². The minimum absolute atomic E-state index is 0.174. The molecule has 0 radical (unpaired) electrons. The fraction of sp³-hybridized carbons (Fsp3) is 0.909. The molecule has 0 aliphatic rings. The highest BCUT2D eigenvalue weighted by Crippen LogP contribution is 2.08. The van der Waals surface area contributed by atoms with E-state index in [9.17, 15) is 4.79 Å². The van der Waals surface area contributed by atoms with Crippen LogP contribution >= 0.6 is 11.8 Å². The first-order valence-electron chi connectivity index (χ1n) is 6.93. The van der Waals surface area contributed by atoms with Gasteiger partial charge in [0.15, 0.2) is 0 Å². The van der Waals surface area contributed by atoms with Gasteiger partial charge >= 0.3 is 5.97 Å². The van der Waals surface area contributed by atoms with Gasteiger partial charge < -0.3 is 10.5 Å². The largest absolute Gasteiger partial charge is 0.465 e. The fourth-order valence-corrected chi connectivity index (χ4v) is 2.06. The highest BCUT2D eigenvalue weighted by Gasteiger charge is 2.16. The first-order valence-corrected chi connectivity index (χ1v) is 8.32. The molecule has 2 unspecified atom stereocenters. The van der Waals surface area contributed by atoms with Gasteiger partial charge in [-0.15, -0.1) is 0 Å². The molecule has 23 heavy (non-hydrogen) atoms. The monoisotopic (exact) mass is 359 g/mol. The molecule has 0 aromatic heterocycles. The van der Waals surface area contributed by atoms with Gasteiger partial charge in [-0.2, -0.15) is 11.8 Å². The molecule has 0 aromatic rings. The summed E-state index contributed by atoms with van der Waals surface area (Å²) in [5.41, 5.74) is 5.65. The van der Waals surface area contributed by atoms with Gasteiger partial charge in [0.25, 0.3) is 0 Å². The Morgan fingerprint density at radius 3 is 2.43 bits per heavy atom. The molecule has 11 nitrogen and oxygen atoms in total. The molecule has 0 aliphatic heterocycles. The second-order valence-corrected chi connectivity index (χ2v) is 5.57. The van der Waals surface area contributed by atoms with Crippen molar-refractivity contribution >= 4 is 17.7 Å². The second kappa shape index (κ2) is 13.9. The summed E-state index contributed by atoms with van der Waals surface area (Å²) in [7, 11) is 0. The average Bonchev–Trinajstić information content (AvgIpc) is 2.48. The molecule has 138 valence electrons. The number of unbranched alkanes of at least 4 members (excludes halogenated alkanes) is 1. The zero-order valence-electron chi connectivity index (χ0n) is 12.9. The van der Waals surface area contributed by atoms with Crippen molar-refractivity contribution in [1.29, 1.82) is 0 Å². The van der Waals surface area contributed by atoms with Gasteiger partial charge in [0, 0.05) is 0 Å². The van der Waals surface area contributed by atoms with Crippen LogP contribution in [0.15, 0.2) is 0 Å². The smallest absolute Gasteiger partial charge is 0.322 e. The van der Waals surface area contributed by atoms with E-state index in [-0.39, 0.29) is 13.2 Å². The van der Waals surface area contributed by atoms with E-state index in [0.717, 1.165) is 5.75 Å². The molecule has 0 aliphatic carbocycles. The lowest BCUT2D eigenvalue weighted by Crippen LogP contribution is -2.33. The minimum Gasteiger partial charge on any atom is -0.465 e. The van der Waals surface area contributed by atoms with Crippen LogP contribution in [0, 0.1) is 0 Å². The number of hydrogen-bond donors (Lipinski definition) is 5. The Kier molecular flexibility index (Phi) is 13.5. The van der Waals surface area contributed by atoms with Crippen molar-refractivity contribution in [3.8, 4) is 0 Å². The lowest BCUT2D eigenvalue weighted by Gasteiger charge is -2.19. The highest BCUT2D eigenvalue weighted by molar-refractivity contribution is 7.98. The Morgan fingerprint density at radius 2 is 1.87 bits per heavy atom. The lowest BCUT2D eigenvalue weighted by atomic mass is 10.1. The Balaban J connectivity index is 3.85.